The molecule has 0 aliphatic carbocycles. The summed E-state index contributed by atoms with van der Waals surface area (Å²) in [5.74, 6) is 0.342. The van der Waals surface area contributed by atoms with Crippen LogP contribution in [0.15, 0.2) is 29.4 Å². The molecule has 0 bridgehead atoms. The zero-order chi connectivity index (χ0) is 13.9. The zero-order valence-corrected chi connectivity index (χ0v) is 12.6. The predicted octanol–water partition coefficient (Wildman–Crippen LogP) is 2.48. The highest BCUT2D eigenvalue weighted by Gasteiger charge is 2.25. The van der Waals surface area contributed by atoms with E-state index in [1.807, 2.05) is 12.1 Å². The topological polar surface area (TPSA) is 35.9 Å². The highest BCUT2D eigenvalue weighted by Crippen LogP contribution is 2.21. The number of carbonyl (C=O) groups is 1. The van der Waals surface area contributed by atoms with Crippen molar-refractivity contribution < 1.29 is 4.79 Å². The van der Waals surface area contributed by atoms with E-state index in [0.717, 1.165) is 18.7 Å². The minimum Gasteiger partial charge on any atom is -0.372 e. The predicted molar refractivity (Wildman–Crippen MR) is 87.4 cm³/mol. The van der Waals surface area contributed by atoms with Crippen molar-refractivity contribution in [2.45, 2.75) is 12.8 Å². The van der Waals surface area contributed by atoms with Gasteiger partial charge in [0.1, 0.15) is 0 Å². The third-order valence-electron chi connectivity index (χ3n) is 3.41. The fraction of sp³-hybridized carbons (Fsp3) is 0.357. The molecule has 3 rings (SSSR count). The summed E-state index contributed by atoms with van der Waals surface area (Å²) in [6.45, 7) is 2.28. The van der Waals surface area contributed by atoms with Crippen LogP contribution in [-0.2, 0) is 4.79 Å². The number of anilines is 1. The van der Waals surface area contributed by atoms with Crippen molar-refractivity contribution in [2.24, 2.45) is 5.10 Å². The van der Waals surface area contributed by atoms with Crippen molar-refractivity contribution in [1.29, 1.82) is 0 Å². The number of carbonyl (C=O) groups excluding carboxylic acids is 1. The van der Waals surface area contributed by atoms with E-state index in [9.17, 15) is 4.79 Å². The van der Waals surface area contributed by atoms with Gasteiger partial charge >= 0.3 is 0 Å². The first kappa shape index (κ1) is 13.6. The molecular weight excluding hydrogens is 290 g/mol. The summed E-state index contributed by atoms with van der Waals surface area (Å²) in [6, 6.07) is 8.25. The molecule has 2 aliphatic heterocycles. The van der Waals surface area contributed by atoms with Crippen molar-refractivity contribution >= 4 is 46.1 Å². The molecule has 0 spiro atoms. The minimum atomic E-state index is -0.0510. The van der Waals surface area contributed by atoms with Gasteiger partial charge in [0, 0.05) is 18.8 Å². The second-order valence-electron chi connectivity index (χ2n) is 4.79. The zero-order valence-electron chi connectivity index (χ0n) is 11.0. The molecule has 104 valence electrons. The fourth-order valence-corrected chi connectivity index (χ4v) is 3.30. The van der Waals surface area contributed by atoms with Crippen LogP contribution in [0, 0.1) is 0 Å². The molecule has 2 heterocycles. The molecule has 2 fully saturated rings. The Balaban J connectivity index is 1.68. The molecule has 2 saturated heterocycles. The molecule has 1 aromatic carbocycles. The molecule has 2 aliphatic rings. The molecule has 1 aromatic rings. The van der Waals surface area contributed by atoms with Crippen LogP contribution in [0.5, 0.6) is 0 Å². The number of hydrazone groups is 1. The molecule has 0 saturated carbocycles. The lowest BCUT2D eigenvalue weighted by Crippen LogP contribution is -2.22. The molecule has 20 heavy (non-hydrogen) atoms. The molecule has 4 nitrogen and oxygen atoms in total. The number of thiocarbonyl (C=S) groups is 1. The van der Waals surface area contributed by atoms with Crippen LogP contribution >= 0.6 is 24.0 Å². The van der Waals surface area contributed by atoms with Gasteiger partial charge in [0.15, 0.2) is 4.32 Å². The minimum absolute atomic E-state index is 0.0510. The van der Waals surface area contributed by atoms with Gasteiger partial charge in [-0.15, -0.1) is 0 Å². The largest absolute Gasteiger partial charge is 0.372 e. The first-order chi connectivity index (χ1) is 9.74. The Labute approximate surface area is 127 Å². The van der Waals surface area contributed by atoms with E-state index in [4.69, 9.17) is 12.2 Å². The molecule has 0 N–H and O–H groups in total. The molecule has 0 atom stereocenters. The molecule has 1 amide bonds. The summed E-state index contributed by atoms with van der Waals surface area (Å²) in [6.07, 6.45) is 4.23. The Hall–Kier alpha value is -1.40. The lowest BCUT2D eigenvalue weighted by atomic mass is 10.2. The van der Waals surface area contributed by atoms with Crippen molar-refractivity contribution in [3.63, 3.8) is 0 Å². The maximum atomic E-state index is 11.5. The van der Waals surface area contributed by atoms with Crippen LogP contribution in [0.1, 0.15) is 18.4 Å². The number of amides is 1. The van der Waals surface area contributed by atoms with Gasteiger partial charge in [-0.3, -0.25) is 4.79 Å². The summed E-state index contributed by atoms with van der Waals surface area (Å²) < 4.78 is 0.528. The average molecular weight is 305 g/mol. The first-order valence-electron chi connectivity index (χ1n) is 6.63. The lowest BCUT2D eigenvalue weighted by molar-refractivity contribution is -0.123. The second-order valence-corrected chi connectivity index (χ2v) is 6.40. The number of hydrogen-bond acceptors (Lipinski definition) is 5. The lowest BCUT2D eigenvalue weighted by Gasteiger charge is -2.17. The van der Waals surface area contributed by atoms with E-state index in [2.05, 4.69) is 22.1 Å². The van der Waals surface area contributed by atoms with E-state index in [-0.39, 0.29) is 5.91 Å². The maximum absolute atomic E-state index is 11.5. The Morgan fingerprint density at radius 1 is 1.20 bits per heavy atom. The van der Waals surface area contributed by atoms with Crippen LogP contribution in [0.25, 0.3) is 0 Å². The second kappa shape index (κ2) is 5.93. The van der Waals surface area contributed by atoms with Gasteiger partial charge < -0.3 is 4.90 Å². The summed E-state index contributed by atoms with van der Waals surface area (Å²) >= 11 is 6.43. The monoisotopic (exact) mass is 305 g/mol. The third-order valence-corrected chi connectivity index (χ3v) is 4.75. The van der Waals surface area contributed by atoms with E-state index < -0.39 is 0 Å². The highest BCUT2D eigenvalue weighted by molar-refractivity contribution is 8.23. The quantitative estimate of drug-likeness (QED) is 0.635. The molecule has 0 radical (unpaired) electrons. The summed E-state index contributed by atoms with van der Waals surface area (Å²) in [5, 5.41) is 5.47. The highest BCUT2D eigenvalue weighted by atomic mass is 32.2. The van der Waals surface area contributed by atoms with E-state index in [1.54, 1.807) is 6.21 Å². The van der Waals surface area contributed by atoms with E-state index in [0.29, 0.717) is 10.1 Å². The van der Waals surface area contributed by atoms with Gasteiger partial charge in [0.05, 0.1) is 12.0 Å². The maximum Gasteiger partial charge on any atom is 0.259 e. The number of thioether (sulfide) groups is 1. The molecule has 0 aromatic heterocycles. The average Bonchev–Trinajstić information content (AvgIpc) is 3.09. The fourth-order valence-electron chi connectivity index (χ4n) is 2.33. The van der Waals surface area contributed by atoms with Gasteiger partial charge in [0.2, 0.25) is 0 Å². The van der Waals surface area contributed by atoms with Crippen molar-refractivity contribution in [1.82, 2.24) is 5.01 Å². The van der Waals surface area contributed by atoms with Crippen LogP contribution in [0.4, 0.5) is 5.69 Å². The first-order valence-corrected chi connectivity index (χ1v) is 8.02. The molecule has 6 heteroatoms. The number of benzene rings is 1. The standard InChI is InChI=1S/C14H15N3OS2/c18-13-10-20-14(19)17(13)15-9-11-3-5-12(6-4-11)16-7-1-2-8-16/h3-6,9H,1-2,7-8,10H2/b15-9+. The van der Waals surface area contributed by atoms with Gasteiger partial charge in [-0.2, -0.15) is 10.1 Å². The SMILES string of the molecule is O=C1CSC(=S)N1/N=C/c1ccc(N2CCCC2)cc1. The van der Waals surface area contributed by atoms with Gasteiger partial charge in [-0.05, 0) is 30.5 Å². The summed E-state index contributed by atoms with van der Waals surface area (Å²) in [7, 11) is 0. The van der Waals surface area contributed by atoms with Crippen LogP contribution in [0.3, 0.4) is 0 Å². The summed E-state index contributed by atoms with van der Waals surface area (Å²) in [5.41, 5.74) is 2.23. The molecule has 0 unspecified atom stereocenters. The number of nitrogens with zero attached hydrogens (tertiary/aromatic N) is 3. The Kier molecular flexibility index (Phi) is 4.03. The smallest absolute Gasteiger partial charge is 0.259 e. The van der Waals surface area contributed by atoms with Crippen LogP contribution < -0.4 is 4.90 Å². The van der Waals surface area contributed by atoms with Gasteiger partial charge in [-0.25, -0.2) is 0 Å². The van der Waals surface area contributed by atoms with E-state index >= 15 is 0 Å². The van der Waals surface area contributed by atoms with E-state index in [1.165, 1.54) is 35.3 Å². The third kappa shape index (κ3) is 2.86. The number of rotatable bonds is 3. The number of hydrogen-bond donors (Lipinski definition) is 0. The van der Waals surface area contributed by atoms with Crippen molar-refractivity contribution in [3.8, 4) is 0 Å². The van der Waals surface area contributed by atoms with Crippen LogP contribution in [-0.4, -0.2) is 40.3 Å². The Morgan fingerprint density at radius 2 is 1.90 bits per heavy atom. The Bertz CT molecular complexity index is 534. The van der Waals surface area contributed by atoms with Gasteiger partial charge in [0.25, 0.3) is 5.91 Å². The summed E-state index contributed by atoms with van der Waals surface area (Å²) in [4.78, 5) is 13.9. The van der Waals surface area contributed by atoms with Crippen LogP contribution in [0.2, 0.25) is 0 Å². The van der Waals surface area contributed by atoms with Crippen molar-refractivity contribution in [2.75, 3.05) is 23.7 Å². The van der Waals surface area contributed by atoms with Gasteiger partial charge in [-0.1, -0.05) is 36.1 Å². The molecular formula is C14H15N3OS2. The normalized spacial score (nSPS) is 19.6. The van der Waals surface area contributed by atoms with Crippen molar-refractivity contribution in [3.05, 3.63) is 29.8 Å². The Morgan fingerprint density at radius 3 is 2.50 bits per heavy atom.